The molecule has 0 aromatic rings. The van der Waals surface area contributed by atoms with Gasteiger partial charge in [-0.3, -0.25) is 0 Å². The van der Waals surface area contributed by atoms with E-state index in [0.29, 0.717) is 11.8 Å². The first-order chi connectivity index (χ1) is 6.90. The summed E-state index contributed by atoms with van der Waals surface area (Å²) < 4.78 is 0. The average Bonchev–Trinajstić information content (AvgIpc) is 2.14. The lowest BCUT2D eigenvalue weighted by atomic mass is 9.79. The van der Waals surface area contributed by atoms with Crippen molar-refractivity contribution in [1.29, 1.82) is 0 Å². The Morgan fingerprint density at radius 1 is 1.20 bits per heavy atom. The quantitative estimate of drug-likeness (QED) is 0.729. The summed E-state index contributed by atoms with van der Waals surface area (Å²) in [6.07, 6.45) is 7.02. The number of aliphatic hydroxyl groups is 1. The monoisotopic (exact) mass is 226 g/mol. The van der Waals surface area contributed by atoms with Crippen LogP contribution >= 0.6 is 0 Å². The molecule has 0 aromatic carbocycles. The van der Waals surface area contributed by atoms with Crippen LogP contribution in [0.15, 0.2) is 11.8 Å². The fourth-order valence-electron chi connectivity index (χ4n) is 2.34. The Labute approximate surface area is 95.6 Å². The van der Waals surface area contributed by atoms with Crippen LogP contribution < -0.4 is 0 Å². The number of rotatable bonds is 3. The van der Waals surface area contributed by atoms with E-state index in [4.69, 9.17) is 0 Å². The Balaban J connectivity index is 2.51. The zero-order chi connectivity index (χ0) is 11.5. The molecule has 1 aliphatic rings. The Hall–Kier alpha value is -0.0831. The molecular formula is C13H26OSi. The first-order valence-electron chi connectivity index (χ1n) is 6.27. The van der Waals surface area contributed by atoms with Crippen molar-refractivity contribution in [3.05, 3.63) is 11.8 Å². The van der Waals surface area contributed by atoms with Crippen LogP contribution in [-0.4, -0.2) is 19.3 Å². The van der Waals surface area contributed by atoms with Gasteiger partial charge in [0.05, 0.1) is 14.2 Å². The Bertz CT molecular complexity index is 217. The molecule has 3 atom stereocenters. The molecule has 88 valence electrons. The maximum absolute atomic E-state index is 9.95. The van der Waals surface area contributed by atoms with Gasteiger partial charge < -0.3 is 5.11 Å². The van der Waals surface area contributed by atoms with E-state index in [0.717, 1.165) is 6.42 Å². The maximum Gasteiger partial charge on any atom is 0.0682 e. The molecule has 1 unspecified atom stereocenters. The summed E-state index contributed by atoms with van der Waals surface area (Å²) in [5.74, 6) is 1.05. The maximum atomic E-state index is 9.95. The molecule has 0 saturated heterocycles. The van der Waals surface area contributed by atoms with Gasteiger partial charge in [0.15, 0.2) is 0 Å². The molecular weight excluding hydrogens is 200 g/mol. The summed E-state index contributed by atoms with van der Waals surface area (Å²) in [6.45, 7) is 9.32. The van der Waals surface area contributed by atoms with E-state index in [1.54, 1.807) is 0 Å². The van der Waals surface area contributed by atoms with E-state index < -0.39 is 8.07 Å². The predicted octanol–water partition coefficient (Wildman–Crippen LogP) is 3.61. The molecule has 1 saturated carbocycles. The molecule has 0 heterocycles. The van der Waals surface area contributed by atoms with Gasteiger partial charge in [-0.05, 0) is 24.7 Å². The summed E-state index contributed by atoms with van der Waals surface area (Å²) in [5.41, 5.74) is 2.42. The van der Waals surface area contributed by atoms with Gasteiger partial charge >= 0.3 is 0 Å². The van der Waals surface area contributed by atoms with Crippen LogP contribution in [0.25, 0.3) is 0 Å². The van der Waals surface area contributed by atoms with E-state index in [9.17, 15) is 5.11 Å². The van der Waals surface area contributed by atoms with Crippen LogP contribution in [0.4, 0.5) is 0 Å². The lowest BCUT2D eigenvalue weighted by Gasteiger charge is -2.31. The fourth-order valence-corrected chi connectivity index (χ4v) is 3.22. The SMILES string of the molecule is CC(/C=C/[Si](C)(C)C)[C@@H]1CCCC[C@H]1O. The molecule has 0 amide bonds. The van der Waals surface area contributed by atoms with Gasteiger partial charge in [0, 0.05) is 0 Å². The zero-order valence-electron chi connectivity index (χ0n) is 10.7. The molecule has 0 spiro atoms. The van der Waals surface area contributed by atoms with E-state index in [2.05, 4.69) is 38.3 Å². The van der Waals surface area contributed by atoms with Gasteiger partial charge in [0.25, 0.3) is 0 Å². The second-order valence-corrected chi connectivity index (χ2v) is 11.2. The van der Waals surface area contributed by atoms with Crippen molar-refractivity contribution < 1.29 is 5.11 Å². The largest absolute Gasteiger partial charge is 0.393 e. The molecule has 0 radical (unpaired) electrons. The molecule has 0 bridgehead atoms. The Morgan fingerprint density at radius 2 is 1.80 bits per heavy atom. The van der Waals surface area contributed by atoms with Crippen molar-refractivity contribution in [2.45, 2.75) is 58.4 Å². The highest BCUT2D eigenvalue weighted by Gasteiger charge is 2.26. The van der Waals surface area contributed by atoms with E-state index in [1.807, 2.05) is 0 Å². The van der Waals surface area contributed by atoms with Crippen molar-refractivity contribution in [2.24, 2.45) is 11.8 Å². The van der Waals surface area contributed by atoms with E-state index >= 15 is 0 Å². The van der Waals surface area contributed by atoms with Crippen molar-refractivity contribution in [3.63, 3.8) is 0 Å². The summed E-state index contributed by atoms with van der Waals surface area (Å²) >= 11 is 0. The summed E-state index contributed by atoms with van der Waals surface area (Å²) in [7, 11) is -1.07. The van der Waals surface area contributed by atoms with Crippen LogP contribution in [0.3, 0.4) is 0 Å². The molecule has 15 heavy (non-hydrogen) atoms. The van der Waals surface area contributed by atoms with Gasteiger partial charge in [-0.15, -0.1) is 0 Å². The van der Waals surface area contributed by atoms with Crippen LogP contribution in [0, 0.1) is 11.8 Å². The Morgan fingerprint density at radius 3 is 2.33 bits per heavy atom. The highest BCUT2D eigenvalue weighted by atomic mass is 28.3. The third kappa shape index (κ3) is 4.52. The number of aliphatic hydroxyl groups excluding tert-OH is 1. The van der Waals surface area contributed by atoms with E-state index in [-0.39, 0.29) is 6.10 Å². The molecule has 1 rings (SSSR count). The van der Waals surface area contributed by atoms with Gasteiger partial charge in [-0.1, -0.05) is 51.2 Å². The normalized spacial score (nSPS) is 30.7. The lowest BCUT2D eigenvalue weighted by Crippen LogP contribution is -2.29. The summed E-state index contributed by atoms with van der Waals surface area (Å²) in [6, 6.07) is 0. The van der Waals surface area contributed by atoms with Crippen LogP contribution in [-0.2, 0) is 0 Å². The molecule has 1 aliphatic carbocycles. The van der Waals surface area contributed by atoms with Crippen molar-refractivity contribution in [3.8, 4) is 0 Å². The van der Waals surface area contributed by atoms with Crippen LogP contribution in [0.2, 0.25) is 19.6 Å². The summed E-state index contributed by atoms with van der Waals surface area (Å²) in [4.78, 5) is 0. The van der Waals surface area contributed by atoms with Gasteiger partial charge in [0.1, 0.15) is 0 Å². The minimum absolute atomic E-state index is 0.0555. The second-order valence-electron chi connectivity index (χ2n) is 6.10. The molecule has 0 aliphatic heterocycles. The first-order valence-corrected chi connectivity index (χ1v) is 9.85. The second kappa shape index (κ2) is 5.31. The third-order valence-corrected chi connectivity index (χ3v) is 4.55. The molecule has 1 nitrogen and oxygen atoms in total. The van der Waals surface area contributed by atoms with Crippen LogP contribution in [0.1, 0.15) is 32.6 Å². The van der Waals surface area contributed by atoms with Gasteiger partial charge in [-0.2, -0.15) is 0 Å². The number of hydrogen-bond donors (Lipinski definition) is 1. The fraction of sp³-hybridized carbons (Fsp3) is 0.846. The Kier molecular flexibility index (Phi) is 4.59. The predicted molar refractivity (Wildman–Crippen MR) is 69.6 cm³/mol. The number of hydrogen-bond acceptors (Lipinski definition) is 1. The van der Waals surface area contributed by atoms with Gasteiger partial charge in [0.2, 0.25) is 0 Å². The minimum Gasteiger partial charge on any atom is -0.393 e. The van der Waals surface area contributed by atoms with Crippen LogP contribution in [0.5, 0.6) is 0 Å². The standard InChI is InChI=1S/C13H26OSi/c1-11(9-10-15(2,3)4)12-7-5-6-8-13(12)14/h9-14H,5-8H2,1-4H3/b10-9+/t11?,12-,13+/m0/s1. The lowest BCUT2D eigenvalue weighted by molar-refractivity contribution is 0.0518. The minimum atomic E-state index is -1.07. The number of allylic oxidation sites excluding steroid dienone is 1. The molecule has 1 fully saturated rings. The molecule has 2 heteroatoms. The molecule has 1 N–H and O–H groups in total. The summed E-state index contributed by atoms with van der Waals surface area (Å²) in [5, 5.41) is 9.95. The smallest absolute Gasteiger partial charge is 0.0682 e. The molecule has 0 aromatic heterocycles. The van der Waals surface area contributed by atoms with Crippen molar-refractivity contribution >= 4 is 8.07 Å². The topological polar surface area (TPSA) is 20.2 Å². The highest BCUT2D eigenvalue weighted by Crippen LogP contribution is 2.31. The first kappa shape index (κ1) is 13.0. The average molecular weight is 226 g/mol. The van der Waals surface area contributed by atoms with Gasteiger partial charge in [-0.25, -0.2) is 0 Å². The van der Waals surface area contributed by atoms with Crippen molar-refractivity contribution in [1.82, 2.24) is 0 Å². The highest BCUT2D eigenvalue weighted by molar-refractivity contribution is 6.80. The third-order valence-electron chi connectivity index (χ3n) is 3.36. The zero-order valence-corrected chi connectivity index (χ0v) is 11.7. The van der Waals surface area contributed by atoms with Crippen molar-refractivity contribution in [2.75, 3.05) is 0 Å². The van der Waals surface area contributed by atoms with E-state index in [1.165, 1.54) is 19.3 Å².